The molecular weight excluding hydrogens is 505 g/mol. The number of carbonyl (C=O) groups excluding carboxylic acids is 4. The molecule has 11 heteroatoms. The van der Waals surface area contributed by atoms with Gasteiger partial charge in [-0.3, -0.25) is 19.3 Å². The number of nitrogens with two attached hydrogens (primary N) is 1. The van der Waals surface area contributed by atoms with E-state index in [2.05, 4.69) is 5.32 Å². The fourth-order valence-corrected chi connectivity index (χ4v) is 4.92. The Labute approximate surface area is 226 Å². The summed E-state index contributed by atoms with van der Waals surface area (Å²) in [7, 11) is 1.41. The van der Waals surface area contributed by atoms with Gasteiger partial charge < -0.3 is 25.6 Å². The average Bonchev–Trinajstić information content (AvgIpc) is 3.09. The standard InChI is InChI=1S/C28H34FN5O5/c1-27(2,30)24(36)31-22(17-39-16-20-7-5-4-6-8-20)23(35)33-13-14-34-26(38)32(3)25(37)28(34,18-33)15-19-9-11-21(29)12-10-19/h4-12,22H,13-18,30H2,1-3H3,(H,31,36)/t22-,28-/m1/s1. The number of imide groups is 1. The maximum atomic E-state index is 13.8. The van der Waals surface area contributed by atoms with E-state index < -0.39 is 46.7 Å². The number of urea groups is 1. The summed E-state index contributed by atoms with van der Waals surface area (Å²) in [5, 5.41) is 2.70. The lowest BCUT2D eigenvalue weighted by Crippen LogP contribution is -2.67. The number of nitrogens with one attached hydrogen (secondary N) is 1. The highest BCUT2D eigenvalue weighted by atomic mass is 19.1. The van der Waals surface area contributed by atoms with Crippen LogP contribution in [0.5, 0.6) is 0 Å². The molecule has 2 aromatic carbocycles. The minimum absolute atomic E-state index is 0.0881. The second kappa shape index (κ2) is 11.1. The molecule has 0 radical (unpaired) electrons. The molecule has 10 nitrogen and oxygen atoms in total. The highest BCUT2D eigenvalue weighted by Crippen LogP contribution is 2.34. The van der Waals surface area contributed by atoms with Crippen LogP contribution in [0.4, 0.5) is 9.18 Å². The van der Waals surface area contributed by atoms with E-state index >= 15 is 0 Å². The number of amides is 5. The van der Waals surface area contributed by atoms with Gasteiger partial charge in [-0.15, -0.1) is 0 Å². The van der Waals surface area contributed by atoms with E-state index in [1.165, 1.54) is 42.8 Å². The SMILES string of the molecule is CN1C(=O)N2CCN(C(=O)[C@@H](COCc3ccccc3)NC(=O)C(C)(C)N)C[C@]2(Cc2ccc(F)cc2)C1=O. The molecular formula is C28H34FN5O5. The van der Waals surface area contributed by atoms with Gasteiger partial charge in [0.2, 0.25) is 11.8 Å². The molecule has 2 atom stereocenters. The first-order valence-corrected chi connectivity index (χ1v) is 12.8. The van der Waals surface area contributed by atoms with Crippen molar-refractivity contribution in [2.45, 2.75) is 44.0 Å². The molecule has 0 bridgehead atoms. The van der Waals surface area contributed by atoms with Gasteiger partial charge in [-0.2, -0.15) is 0 Å². The van der Waals surface area contributed by atoms with Gasteiger partial charge in [0.15, 0.2) is 0 Å². The number of benzene rings is 2. The second-order valence-electron chi connectivity index (χ2n) is 10.6. The average molecular weight is 540 g/mol. The number of carbonyl (C=O) groups is 4. The zero-order valence-corrected chi connectivity index (χ0v) is 22.4. The van der Waals surface area contributed by atoms with Crippen LogP contribution in [0, 0.1) is 5.82 Å². The van der Waals surface area contributed by atoms with E-state index in [0.717, 1.165) is 10.5 Å². The molecule has 39 heavy (non-hydrogen) atoms. The summed E-state index contributed by atoms with van der Waals surface area (Å²) in [6.45, 7) is 3.37. The lowest BCUT2D eigenvalue weighted by molar-refractivity contribution is -0.146. The molecule has 2 heterocycles. The molecule has 0 aromatic heterocycles. The number of piperazine rings is 1. The maximum Gasteiger partial charge on any atom is 0.327 e. The third-order valence-electron chi connectivity index (χ3n) is 7.09. The van der Waals surface area contributed by atoms with Crippen molar-refractivity contribution in [1.82, 2.24) is 20.0 Å². The Morgan fingerprint density at radius 3 is 2.38 bits per heavy atom. The van der Waals surface area contributed by atoms with Crippen LogP contribution in [-0.4, -0.2) is 88.9 Å². The van der Waals surface area contributed by atoms with Crippen LogP contribution >= 0.6 is 0 Å². The number of rotatable bonds is 9. The Morgan fingerprint density at radius 2 is 1.74 bits per heavy atom. The van der Waals surface area contributed by atoms with Crippen molar-refractivity contribution in [1.29, 1.82) is 0 Å². The van der Waals surface area contributed by atoms with Gasteiger partial charge in [-0.25, -0.2) is 9.18 Å². The fourth-order valence-electron chi connectivity index (χ4n) is 4.92. The third-order valence-corrected chi connectivity index (χ3v) is 7.09. The van der Waals surface area contributed by atoms with Gasteiger partial charge in [0.05, 0.1) is 25.3 Å². The number of ether oxygens (including phenoxy) is 1. The first-order valence-electron chi connectivity index (χ1n) is 12.8. The Balaban J connectivity index is 1.57. The summed E-state index contributed by atoms with van der Waals surface area (Å²) in [6, 6.07) is 13.6. The Kier molecular flexibility index (Phi) is 8.03. The molecule has 0 saturated carbocycles. The first kappa shape index (κ1) is 28.2. The van der Waals surface area contributed by atoms with Crippen LogP contribution < -0.4 is 11.1 Å². The third kappa shape index (κ3) is 5.94. The monoisotopic (exact) mass is 539 g/mol. The summed E-state index contributed by atoms with van der Waals surface area (Å²) >= 11 is 0. The van der Waals surface area contributed by atoms with Gasteiger partial charge in [0, 0.05) is 26.6 Å². The summed E-state index contributed by atoms with van der Waals surface area (Å²) in [5.41, 5.74) is 4.92. The highest BCUT2D eigenvalue weighted by molar-refractivity contribution is 6.07. The van der Waals surface area contributed by atoms with Crippen LogP contribution in [0.15, 0.2) is 54.6 Å². The molecule has 2 aliphatic rings. The molecule has 0 spiro atoms. The largest absolute Gasteiger partial charge is 0.374 e. The van der Waals surface area contributed by atoms with E-state index in [4.69, 9.17) is 10.5 Å². The summed E-state index contributed by atoms with van der Waals surface area (Å²) < 4.78 is 19.3. The molecule has 208 valence electrons. The zero-order valence-electron chi connectivity index (χ0n) is 22.4. The van der Waals surface area contributed by atoms with E-state index in [9.17, 15) is 23.6 Å². The summed E-state index contributed by atoms with van der Waals surface area (Å²) in [4.78, 5) is 56.9. The van der Waals surface area contributed by atoms with Gasteiger partial charge in [-0.05, 0) is 37.1 Å². The number of hydrogen-bond acceptors (Lipinski definition) is 6. The predicted octanol–water partition coefficient (Wildman–Crippen LogP) is 1.28. The van der Waals surface area contributed by atoms with Crippen molar-refractivity contribution in [2.75, 3.05) is 33.3 Å². The smallest absolute Gasteiger partial charge is 0.327 e. The quantitative estimate of drug-likeness (QED) is 0.463. The predicted molar refractivity (Wildman–Crippen MR) is 141 cm³/mol. The minimum atomic E-state index is -1.36. The van der Waals surface area contributed by atoms with Crippen LogP contribution in [0.25, 0.3) is 0 Å². The molecule has 2 fully saturated rings. The second-order valence-corrected chi connectivity index (χ2v) is 10.6. The summed E-state index contributed by atoms with van der Waals surface area (Å²) in [6.07, 6.45) is 0.101. The van der Waals surface area contributed by atoms with E-state index in [-0.39, 0.29) is 39.3 Å². The van der Waals surface area contributed by atoms with E-state index in [1.54, 1.807) is 12.1 Å². The van der Waals surface area contributed by atoms with Crippen molar-refractivity contribution >= 4 is 23.8 Å². The van der Waals surface area contributed by atoms with Crippen LogP contribution in [0.2, 0.25) is 0 Å². The molecule has 2 aliphatic heterocycles. The van der Waals surface area contributed by atoms with Crippen molar-refractivity contribution < 1.29 is 28.3 Å². The highest BCUT2D eigenvalue weighted by Gasteiger charge is 2.59. The lowest BCUT2D eigenvalue weighted by atomic mass is 9.86. The summed E-state index contributed by atoms with van der Waals surface area (Å²) in [5.74, 6) is -1.85. The number of fused-ring (bicyclic) bond motifs is 1. The Morgan fingerprint density at radius 1 is 1.08 bits per heavy atom. The number of hydrogen-bond donors (Lipinski definition) is 2. The fraction of sp³-hybridized carbons (Fsp3) is 0.429. The first-order chi connectivity index (χ1) is 18.4. The van der Waals surface area contributed by atoms with Gasteiger partial charge in [0.1, 0.15) is 17.4 Å². The number of halogens is 1. The van der Waals surface area contributed by atoms with E-state index in [1.807, 2.05) is 30.3 Å². The van der Waals surface area contributed by atoms with E-state index in [0.29, 0.717) is 5.56 Å². The van der Waals surface area contributed by atoms with Gasteiger partial charge in [0.25, 0.3) is 5.91 Å². The topological polar surface area (TPSA) is 125 Å². The molecule has 2 saturated heterocycles. The van der Waals surface area contributed by atoms with Crippen molar-refractivity contribution in [2.24, 2.45) is 5.73 Å². The lowest BCUT2D eigenvalue weighted by Gasteiger charge is -2.45. The molecule has 0 unspecified atom stereocenters. The number of likely N-dealkylation sites (N-methyl/N-ethyl adjacent to an activating group) is 1. The van der Waals surface area contributed by atoms with Crippen molar-refractivity contribution in [3.8, 4) is 0 Å². The Hall–Kier alpha value is -3.83. The molecule has 2 aromatic rings. The number of nitrogens with zero attached hydrogens (tertiary/aromatic N) is 3. The maximum absolute atomic E-state index is 13.8. The molecule has 5 amide bonds. The van der Waals surface area contributed by atoms with Crippen LogP contribution in [0.3, 0.4) is 0 Å². The Bertz CT molecular complexity index is 1230. The minimum Gasteiger partial charge on any atom is -0.374 e. The van der Waals surface area contributed by atoms with Crippen LogP contribution in [-0.2, 0) is 32.1 Å². The zero-order chi connectivity index (χ0) is 28.4. The normalized spacial score (nSPS) is 20.2. The van der Waals surface area contributed by atoms with Gasteiger partial charge >= 0.3 is 6.03 Å². The van der Waals surface area contributed by atoms with Gasteiger partial charge in [-0.1, -0.05) is 42.5 Å². The van der Waals surface area contributed by atoms with Crippen molar-refractivity contribution in [3.05, 3.63) is 71.5 Å². The molecule has 3 N–H and O–H groups in total. The molecule has 0 aliphatic carbocycles. The molecule has 4 rings (SSSR count). The van der Waals surface area contributed by atoms with Crippen LogP contribution in [0.1, 0.15) is 25.0 Å². The van der Waals surface area contributed by atoms with Crippen molar-refractivity contribution in [3.63, 3.8) is 0 Å².